The van der Waals surface area contributed by atoms with Crippen LogP contribution in [-0.2, 0) is 21.6 Å². The van der Waals surface area contributed by atoms with Crippen LogP contribution >= 0.6 is 11.6 Å². The largest absolute Gasteiger partial charge is 0.494 e. The summed E-state index contributed by atoms with van der Waals surface area (Å²) in [4.78, 5) is 46.4. The van der Waals surface area contributed by atoms with Crippen molar-refractivity contribution in [3.05, 3.63) is 57.9 Å². The number of fused-ring (bicyclic) bond motifs is 2. The van der Waals surface area contributed by atoms with E-state index in [2.05, 4.69) is 29.9 Å². The number of benzene rings is 1. The number of carbonyl (C=O) groups is 3. The van der Waals surface area contributed by atoms with Crippen molar-refractivity contribution in [2.75, 3.05) is 27.0 Å². The molecule has 5 rings (SSSR count). The number of nitrogens with zero attached hydrogens (tertiary/aromatic N) is 3. The Bertz CT molecular complexity index is 1500. The first-order valence-electron chi connectivity index (χ1n) is 12.5. The lowest BCUT2D eigenvalue weighted by Gasteiger charge is -2.29. The van der Waals surface area contributed by atoms with Gasteiger partial charge in [0, 0.05) is 33.4 Å². The van der Waals surface area contributed by atoms with Crippen LogP contribution < -0.4 is 10.1 Å². The van der Waals surface area contributed by atoms with Crippen molar-refractivity contribution >= 4 is 48.6 Å². The molecule has 0 unspecified atom stereocenters. The quantitative estimate of drug-likeness (QED) is 0.169. The molecule has 0 bridgehead atoms. The first-order valence-corrected chi connectivity index (χ1v) is 16.6. The van der Waals surface area contributed by atoms with Crippen LogP contribution in [0, 0.1) is 11.6 Å². The number of carbonyl (C=O) groups excluding carboxylic acids is 3. The lowest BCUT2D eigenvalue weighted by Crippen LogP contribution is -2.52. The van der Waals surface area contributed by atoms with Crippen LogP contribution in [0.1, 0.15) is 21.7 Å². The third-order valence-corrected chi connectivity index (χ3v) is 8.90. The maximum absolute atomic E-state index is 15.0. The lowest BCUT2D eigenvalue weighted by molar-refractivity contribution is -0.136. The number of rotatable bonds is 9. The Balaban J connectivity index is 1.51. The molecule has 1 atom stereocenters. The predicted molar refractivity (Wildman–Crippen MR) is 143 cm³/mol. The molecule has 0 aliphatic carbocycles. The molecule has 0 radical (unpaired) electrons. The Kier molecular flexibility index (Phi) is 7.09. The van der Waals surface area contributed by atoms with Crippen molar-refractivity contribution in [2.45, 2.75) is 37.8 Å². The third kappa shape index (κ3) is 4.82. The highest BCUT2D eigenvalue weighted by Crippen LogP contribution is 2.38. The normalized spacial score (nSPS) is 19.1. The number of imide groups is 1. The van der Waals surface area contributed by atoms with Crippen LogP contribution in [0.3, 0.4) is 0 Å². The molecule has 4 heterocycles. The third-order valence-electron chi connectivity index (χ3n) is 6.93. The van der Waals surface area contributed by atoms with Gasteiger partial charge in [-0.25, -0.2) is 23.5 Å². The van der Waals surface area contributed by atoms with Crippen LogP contribution in [0.2, 0.25) is 30.8 Å². The van der Waals surface area contributed by atoms with Gasteiger partial charge in [-0.3, -0.25) is 9.59 Å². The molecule has 1 aromatic carbocycles. The van der Waals surface area contributed by atoms with E-state index in [0.717, 1.165) is 17.0 Å². The topological polar surface area (TPSA) is 114 Å². The maximum atomic E-state index is 15.0. The second-order valence-corrected chi connectivity index (χ2v) is 16.9. The first kappa shape index (κ1) is 28.0. The summed E-state index contributed by atoms with van der Waals surface area (Å²) in [6, 6.07) is 5.38. The Morgan fingerprint density at radius 2 is 1.95 bits per heavy atom. The number of halogens is 3. The fourth-order valence-electron chi connectivity index (χ4n) is 4.73. The smallest absolute Gasteiger partial charge is 0.327 e. The van der Waals surface area contributed by atoms with E-state index in [-0.39, 0.29) is 41.4 Å². The fraction of sp³-hybridized carbons (Fsp3) is 0.385. The van der Waals surface area contributed by atoms with Gasteiger partial charge in [0.2, 0.25) is 0 Å². The number of nitrogens with one attached hydrogen (secondary N) is 1. The molecule has 10 nitrogen and oxygen atoms in total. The highest BCUT2D eigenvalue weighted by Gasteiger charge is 2.57. The summed E-state index contributed by atoms with van der Waals surface area (Å²) in [6.45, 7) is 6.10. The van der Waals surface area contributed by atoms with Gasteiger partial charge in [0.15, 0.2) is 33.7 Å². The summed E-state index contributed by atoms with van der Waals surface area (Å²) >= 11 is 5.83. The van der Waals surface area contributed by atoms with E-state index in [9.17, 15) is 23.2 Å². The van der Waals surface area contributed by atoms with Crippen LogP contribution in [0.25, 0.3) is 11.1 Å². The second kappa shape index (κ2) is 10.1. The Morgan fingerprint density at radius 1 is 1.20 bits per heavy atom. The highest BCUT2D eigenvalue weighted by atomic mass is 35.5. The molecule has 2 aliphatic rings. The molecule has 212 valence electrons. The van der Waals surface area contributed by atoms with Crippen molar-refractivity contribution in [1.29, 1.82) is 0 Å². The van der Waals surface area contributed by atoms with E-state index in [4.69, 9.17) is 25.5 Å². The molecule has 2 aliphatic heterocycles. The van der Waals surface area contributed by atoms with E-state index < -0.39 is 54.8 Å². The Hall–Kier alpha value is -3.55. The highest BCUT2D eigenvalue weighted by molar-refractivity contribution is 6.76. The van der Waals surface area contributed by atoms with Crippen molar-refractivity contribution in [2.24, 2.45) is 0 Å². The van der Waals surface area contributed by atoms with Gasteiger partial charge in [-0.2, -0.15) is 0 Å². The van der Waals surface area contributed by atoms with Gasteiger partial charge in [-0.1, -0.05) is 37.3 Å². The number of hydrogen-bond acceptors (Lipinski definition) is 7. The van der Waals surface area contributed by atoms with Gasteiger partial charge >= 0.3 is 6.03 Å². The standard InChI is InChI=1S/C26H27ClF2N4O6Si/c1-37-17-6-5-14-11-32(23(34)20(14)21(17)29)12-26(19-10-16-18(39-19)9-15(28)22(27)30-16)24(35)33(25(36)31-26)13-38-7-8-40(2,3)4/h5-6,9-10H,7-8,11-13H2,1-4H3,(H,31,36)/t26-/m1/s1. The SMILES string of the molecule is COc1ccc2c(c1F)C(=O)N(C[C@]1(c3cc4nc(Cl)c(F)cc4o3)NC(=O)N(COCC[Si](C)(C)C)C1=O)C2. The van der Waals surface area contributed by atoms with E-state index >= 15 is 0 Å². The van der Waals surface area contributed by atoms with Gasteiger partial charge in [0.1, 0.15) is 18.0 Å². The molecule has 40 heavy (non-hydrogen) atoms. The predicted octanol–water partition coefficient (Wildman–Crippen LogP) is 4.48. The number of pyridine rings is 1. The van der Waals surface area contributed by atoms with E-state index in [0.29, 0.717) is 12.2 Å². The molecular weight excluding hydrogens is 566 g/mol. The summed E-state index contributed by atoms with van der Waals surface area (Å²) in [7, 11) is -0.142. The number of ether oxygens (including phenoxy) is 2. The second-order valence-electron chi connectivity index (χ2n) is 10.9. The summed E-state index contributed by atoms with van der Waals surface area (Å²) in [5.41, 5.74) is -1.60. The molecule has 0 spiro atoms. The fourth-order valence-corrected chi connectivity index (χ4v) is 5.63. The van der Waals surface area contributed by atoms with E-state index in [1.807, 2.05) is 0 Å². The molecule has 2 aromatic heterocycles. The van der Waals surface area contributed by atoms with E-state index in [1.54, 1.807) is 6.07 Å². The molecule has 1 N–H and O–H groups in total. The van der Waals surface area contributed by atoms with Crippen LogP contribution in [0.15, 0.2) is 28.7 Å². The molecule has 1 fully saturated rings. The number of methoxy groups -OCH3 is 1. The van der Waals surface area contributed by atoms with Gasteiger partial charge in [-0.05, 0) is 17.7 Å². The Morgan fingerprint density at radius 3 is 2.65 bits per heavy atom. The zero-order chi connectivity index (χ0) is 29.0. The first-order chi connectivity index (χ1) is 18.8. The minimum absolute atomic E-state index is 0.0185. The minimum atomic E-state index is -1.93. The summed E-state index contributed by atoms with van der Waals surface area (Å²) in [5.74, 6) is -3.30. The molecule has 1 saturated heterocycles. The number of amides is 4. The number of furan rings is 1. The van der Waals surface area contributed by atoms with Gasteiger partial charge in [-0.15, -0.1) is 0 Å². The minimum Gasteiger partial charge on any atom is -0.494 e. The zero-order valence-electron chi connectivity index (χ0n) is 22.3. The molecule has 4 amide bonds. The van der Waals surface area contributed by atoms with Crippen LogP contribution in [0.5, 0.6) is 5.75 Å². The molecule has 0 saturated carbocycles. The van der Waals surface area contributed by atoms with Crippen LogP contribution in [0.4, 0.5) is 13.6 Å². The zero-order valence-corrected chi connectivity index (χ0v) is 24.0. The lowest BCUT2D eigenvalue weighted by atomic mass is 9.95. The number of aromatic nitrogens is 1. The van der Waals surface area contributed by atoms with Crippen molar-refractivity contribution in [3.63, 3.8) is 0 Å². The van der Waals surface area contributed by atoms with Crippen molar-refractivity contribution in [3.8, 4) is 5.75 Å². The van der Waals surface area contributed by atoms with E-state index in [1.165, 1.54) is 24.1 Å². The average Bonchev–Trinajstić information content (AvgIpc) is 3.50. The van der Waals surface area contributed by atoms with Gasteiger partial charge in [0.05, 0.1) is 19.2 Å². The van der Waals surface area contributed by atoms with Crippen molar-refractivity contribution in [1.82, 2.24) is 20.1 Å². The van der Waals surface area contributed by atoms with Crippen molar-refractivity contribution < 1.29 is 37.1 Å². The number of hydrogen-bond donors (Lipinski definition) is 1. The average molecular weight is 593 g/mol. The molecular formula is C26H27ClF2N4O6Si. The molecule has 14 heteroatoms. The van der Waals surface area contributed by atoms with Gasteiger partial charge in [0.25, 0.3) is 11.8 Å². The summed E-state index contributed by atoms with van der Waals surface area (Å²) < 4.78 is 45.6. The van der Waals surface area contributed by atoms with Gasteiger partial charge < -0.3 is 24.1 Å². The summed E-state index contributed by atoms with van der Waals surface area (Å²) in [6.07, 6.45) is 0. The Labute approximate surface area is 234 Å². The monoisotopic (exact) mass is 592 g/mol. The summed E-state index contributed by atoms with van der Waals surface area (Å²) in [5, 5.41) is 2.25. The van der Waals surface area contributed by atoms with Crippen LogP contribution in [-0.4, -0.2) is 67.7 Å². The number of urea groups is 1. The maximum Gasteiger partial charge on any atom is 0.327 e. The molecule has 3 aromatic rings.